The molecule has 0 fully saturated rings. The number of alkyl halides is 1. The van der Waals surface area contributed by atoms with Crippen molar-refractivity contribution in [3.8, 4) is 0 Å². The van der Waals surface area contributed by atoms with E-state index in [1.807, 2.05) is 30.3 Å². The number of carbonyl (C=O) groups is 2. The summed E-state index contributed by atoms with van der Waals surface area (Å²) in [6.07, 6.45) is -9.26. The Hall–Kier alpha value is -4.23. The smallest absolute Gasteiger partial charge is 0.277 e. The van der Waals surface area contributed by atoms with Crippen LogP contribution < -0.4 is 38.9 Å². The molecular formula is C38H63ClN10O11. The molecule has 2 aromatic carbocycles. The average molecular weight is 871 g/mol. The molecule has 0 saturated heterocycles. The number of likely N-dealkylation sites (N-methyl/N-ethyl adjacent to an activating group) is 1. The number of benzene rings is 2. The van der Waals surface area contributed by atoms with Gasteiger partial charge in [-0.1, -0.05) is 36.4 Å². The summed E-state index contributed by atoms with van der Waals surface area (Å²) in [5, 5.41) is 99.3. The summed E-state index contributed by atoms with van der Waals surface area (Å²) in [4.78, 5) is 34.4. The fourth-order valence-electron chi connectivity index (χ4n) is 6.10. The van der Waals surface area contributed by atoms with Gasteiger partial charge < -0.3 is 79.5 Å². The van der Waals surface area contributed by atoms with E-state index in [9.17, 15) is 45.3 Å². The number of hydrogen-bond acceptors (Lipinski definition) is 17. The first kappa shape index (κ1) is 51.9. The lowest BCUT2D eigenvalue weighted by atomic mass is 9.98. The van der Waals surface area contributed by atoms with Crippen LogP contribution in [-0.4, -0.2) is 182 Å². The Morgan fingerprint density at radius 3 is 1.93 bits per heavy atom. The van der Waals surface area contributed by atoms with E-state index in [1.165, 1.54) is 11.9 Å². The van der Waals surface area contributed by atoms with E-state index >= 15 is 0 Å². The molecule has 20 N–H and O–H groups in total. The van der Waals surface area contributed by atoms with Crippen molar-refractivity contribution < 1.29 is 55.5 Å². The quantitative estimate of drug-likeness (QED) is 0.0125. The van der Waals surface area contributed by atoms with E-state index in [-0.39, 0.29) is 61.8 Å². The Bertz CT molecular complexity index is 1740. The van der Waals surface area contributed by atoms with Crippen LogP contribution in [0.25, 0.3) is 10.8 Å². The highest BCUT2D eigenvalue weighted by molar-refractivity contribution is 6.28. The number of hydrogen-bond donors (Lipinski definition) is 16. The minimum atomic E-state index is -1.88. The van der Waals surface area contributed by atoms with Gasteiger partial charge in [0.25, 0.3) is 5.91 Å². The Morgan fingerprint density at radius 2 is 1.35 bits per heavy atom. The average Bonchev–Trinajstić information content (AvgIpc) is 3.22. The number of unbranched alkanes of at least 4 members (excludes halogenated alkanes) is 1. The van der Waals surface area contributed by atoms with Gasteiger partial charge in [0.05, 0.1) is 37.3 Å². The number of guanidine groups is 1. The van der Waals surface area contributed by atoms with Crippen LogP contribution in [-0.2, 0) is 22.4 Å². The first-order valence-corrected chi connectivity index (χ1v) is 19.9. The first-order chi connectivity index (χ1) is 28.4. The molecule has 2 rings (SSSR count). The van der Waals surface area contributed by atoms with Crippen LogP contribution in [0.15, 0.2) is 57.9 Å². The van der Waals surface area contributed by atoms with Crippen molar-refractivity contribution in [1.29, 1.82) is 0 Å². The van der Waals surface area contributed by atoms with E-state index in [2.05, 4.69) is 32.0 Å². The van der Waals surface area contributed by atoms with E-state index in [0.29, 0.717) is 19.4 Å². The van der Waals surface area contributed by atoms with E-state index in [0.717, 1.165) is 34.7 Å². The minimum Gasteiger partial charge on any atom is -0.394 e. The number of amidine groups is 1. The van der Waals surface area contributed by atoms with Crippen molar-refractivity contribution in [1.82, 2.24) is 20.9 Å². The molecule has 0 aliphatic heterocycles. The number of nitrogens with one attached hydrogen (secondary N) is 3. The molecule has 60 heavy (non-hydrogen) atoms. The summed E-state index contributed by atoms with van der Waals surface area (Å²) < 4.78 is 0. The van der Waals surface area contributed by atoms with Crippen molar-refractivity contribution in [2.24, 2.45) is 32.9 Å². The predicted molar refractivity (Wildman–Crippen MR) is 226 cm³/mol. The highest BCUT2D eigenvalue weighted by Crippen LogP contribution is 2.20. The molecule has 2 aromatic rings. The predicted octanol–water partition coefficient (Wildman–Crippen LogP) is -5.27. The zero-order valence-corrected chi connectivity index (χ0v) is 34.4. The number of carbonyl (C=O) groups excluding carboxylic acids is 2. The molecule has 0 aromatic heterocycles. The SMILES string of the molecule is CN/C(C(=O)NC(N)=NCCCCc1ccc2cc(CC(NCCCN(C[C@H](O)[C@@H](O)[C@H](O)[C@H](O)CO)C[C@H](O)[C@@H](O)[C@H](O)CO)C(N)=O)ccc2c1)=C(/N)N=C(N)CCl. The zero-order chi connectivity index (χ0) is 44.9. The van der Waals surface area contributed by atoms with Crippen molar-refractivity contribution in [2.45, 2.75) is 80.9 Å². The molecule has 22 heteroatoms. The molecule has 0 aliphatic carbocycles. The van der Waals surface area contributed by atoms with Crippen LogP contribution >= 0.6 is 11.6 Å². The van der Waals surface area contributed by atoms with Gasteiger partial charge in [-0.05, 0) is 67.1 Å². The molecule has 8 atom stereocenters. The molecule has 1 unspecified atom stereocenters. The van der Waals surface area contributed by atoms with Crippen molar-refractivity contribution in [3.63, 3.8) is 0 Å². The first-order valence-electron chi connectivity index (χ1n) is 19.4. The molecule has 0 spiro atoms. The molecule has 338 valence electrons. The van der Waals surface area contributed by atoms with Crippen LogP contribution in [0.3, 0.4) is 0 Å². The summed E-state index contributed by atoms with van der Waals surface area (Å²) in [6.45, 7) is -1.66. The van der Waals surface area contributed by atoms with E-state index < -0.39 is 73.8 Å². The number of nitrogens with zero attached hydrogens (tertiary/aromatic N) is 3. The van der Waals surface area contributed by atoms with E-state index in [1.54, 1.807) is 0 Å². The Kier molecular flexibility index (Phi) is 23.2. The minimum absolute atomic E-state index is 0.0443. The second-order valence-corrected chi connectivity index (χ2v) is 14.5. The Balaban J connectivity index is 1.96. The maximum Gasteiger partial charge on any atom is 0.277 e. The van der Waals surface area contributed by atoms with Gasteiger partial charge in [-0.3, -0.25) is 24.8 Å². The van der Waals surface area contributed by atoms with Gasteiger partial charge in [0, 0.05) is 26.7 Å². The van der Waals surface area contributed by atoms with Gasteiger partial charge >= 0.3 is 0 Å². The lowest BCUT2D eigenvalue weighted by molar-refractivity contribution is -0.123. The number of rotatable bonds is 28. The van der Waals surface area contributed by atoms with Gasteiger partial charge in [0.15, 0.2) is 11.8 Å². The number of primary amides is 1. The van der Waals surface area contributed by atoms with E-state index in [4.69, 9.17) is 44.7 Å². The fourth-order valence-corrected chi connectivity index (χ4v) is 6.16. The van der Waals surface area contributed by atoms with Crippen molar-refractivity contribution in [3.05, 3.63) is 59.0 Å². The number of amides is 2. The monoisotopic (exact) mass is 870 g/mol. The van der Waals surface area contributed by atoms with Crippen LogP contribution in [0.2, 0.25) is 0 Å². The van der Waals surface area contributed by atoms with Crippen LogP contribution in [0.1, 0.15) is 30.4 Å². The second kappa shape index (κ2) is 26.9. The lowest BCUT2D eigenvalue weighted by Crippen LogP contribution is -2.52. The summed E-state index contributed by atoms with van der Waals surface area (Å²) >= 11 is 5.61. The lowest BCUT2D eigenvalue weighted by Gasteiger charge is -2.33. The van der Waals surface area contributed by atoms with Gasteiger partial charge in [-0.2, -0.15) is 0 Å². The second-order valence-electron chi connectivity index (χ2n) is 14.3. The molecule has 21 nitrogen and oxygen atoms in total. The van der Waals surface area contributed by atoms with Gasteiger partial charge in [0.2, 0.25) is 5.91 Å². The molecule has 0 aliphatic rings. The van der Waals surface area contributed by atoms with Gasteiger partial charge in [-0.25, -0.2) is 4.99 Å². The molecule has 0 radical (unpaired) electrons. The third kappa shape index (κ3) is 17.4. The molecule has 2 amide bonds. The highest BCUT2D eigenvalue weighted by Gasteiger charge is 2.33. The fraction of sp³-hybridized carbons (Fsp3) is 0.579. The standard InChI is InChI=1S/C38H63ClN10O11/c1-44-31(35(41)47-30(40)16-39)37(60)48-38(43)46-10-3-2-5-21-6-8-24-14-22(7-9-23(24)13-21)15-25(36(42)59)45-11-4-12-49(17-26(52)32(56)28(54)19-50)18-27(53)33(57)34(58)29(55)20-51/h6-9,13-14,25-29,32-34,44-45,50-58H,2-5,10-12,15-20,41H2,1H3,(H2,40,47)(H2,42,59)(H3,43,46,48,60)/b35-31-/t25?,26-,27-,28+,29+,32+,33+,34+/m0/s1. The third-order valence-corrected chi connectivity index (χ3v) is 9.79. The number of nitrogens with two attached hydrogens (primary N) is 4. The number of halogens is 1. The summed E-state index contributed by atoms with van der Waals surface area (Å²) in [5.74, 6) is -1.47. The molecule has 0 saturated carbocycles. The number of aryl methyl sites for hydroxylation is 1. The summed E-state index contributed by atoms with van der Waals surface area (Å²) in [5.41, 5.74) is 24.9. The largest absolute Gasteiger partial charge is 0.394 e. The highest BCUT2D eigenvalue weighted by atomic mass is 35.5. The molecule has 0 bridgehead atoms. The maximum absolute atomic E-state index is 12.5. The van der Waals surface area contributed by atoms with Crippen LogP contribution in [0, 0.1) is 0 Å². The van der Waals surface area contributed by atoms with Gasteiger partial charge in [0.1, 0.15) is 42.1 Å². The Labute approximate surface area is 353 Å². The number of fused-ring (bicyclic) bond motifs is 1. The number of aliphatic hydroxyl groups is 9. The zero-order valence-electron chi connectivity index (χ0n) is 33.6. The van der Waals surface area contributed by atoms with Crippen LogP contribution in [0.4, 0.5) is 0 Å². The van der Waals surface area contributed by atoms with Crippen LogP contribution in [0.5, 0.6) is 0 Å². The Morgan fingerprint density at radius 1 is 0.783 bits per heavy atom. The van der Waals surface area contributed by atoms with Gasteiger partial charge in [-0.15, -0.1) is 11.6 Å². The van der Waals surface area contributed by atoms with Crippen molar-refractivity contribution in [2.75, 3.05) is 58.9 Å². The number of aliphatic hydroxyl groups excluding tert-OH is 9. The third-order valence-electron chi connectivity index (χ3n) is 9.52. The molecular weight excluding hydrogens is 808 g/mol. The summed E-state index contributed by atoms with van der Waals surface area (Å²) in [6, 6.07) is 11.1. The molecule has 0 heterocycles. The topological polar surface area (TPSA) is 384 Å². The maximum atomic E-state index is 12.5. The number of aliphatic imine (C=N–C) groups is 2. The normalized spacial score (nSPS) is 17.0. The summed E-state index contributed by atoms with van der Waals surface area (Å²) in [7, 11) is 1.49. The van der Waals surface area contributed by atoms with Crippen molar-refractivity contribution >= 4 is 46.0 Å².